The molecule has 8 nitrogen and oxygen atoms in total. The number of benzene rings is 1. The van der Waals surface area contributed by atoms with Gasteiger partial charge >= 0.3 is 0 Å². The van der Waals surface area contributed by atoms with E-state index in [0.717, 1.165) is 63.1 Å². The van der Waals surface area contributed by atoms with Crippen LogP contribution in [0.2, 0.25) is 0 Å². The van der Waals surface area contributed by atoms with Crippen LogP contribution in [0, 0.1) is 5.92 Å². The number of carbonyl (C=O) groups is 3. The molecular formula is C24H34N4O4. The van der Waals surface area contributed by atoms with Gasteiger partial charge in [-0.3, -0.25) is 19.3 Å². The SMILES string of the molecule is COC1(C)CCN(C(=O)CN2CCC(CN3C(=O)Cc4cc(C(N)=O)ccc43)CC2)CC1. The molecule has 0 saturated carbocycles. The van der Waals surface area contributed by atoms with Gasteiger partial charge < -0.3 is 20.3 Å². The van der Waals surface area contributed by atoms with Crippen LogP contribution in [-0.4, -0.2) is 79.5 Å². The Morgan fingerprint density at radius 3 is 2.47 bits per heavy atom. The van der Waals surface area contributed by atoms with Gasteiger partial charge in [0.15, 0.2) is 0 Å². The largest absolute Gasteiger partial charge is 0.378 e. The van der Waals surface area contributed by atoms with E-state index in [9.17, 15) is 14.4 Å². The molecule has 2 fully saturated rings. The zero-order valence-corrected chi connectivity index (χ0v) is 19.1. The molecule has 0 atom stereocenters. The van der Waals surface area contributed by atoms with E-state index in [-0.39, 0.29) is 17.4 Å². The van der Waals surface area contributed by atoms with Crippen molar-refractivity contribution in [3.63, 3.8) is 0 Å². The molecule has 0 bridgehead atoms. The van der Waals surface area contributed by atoms with Crippen LogP contribution in [0.3, 0.4) is 0 Å². The molecule has 2 saturated heterocycles. The maximum atomic E-state index is 12.7. The molecule has 1 aromatic carbocycles. The number of rotatable bonds is 6. The number of nitrogens with two attached hydrogens (primary N) is 1. The fraction of sp³-hybridized carbons (Fsp3) is 0.625. The minimum atomic E-state index is -0.474. The Kier molecular flexibility index (Phi) is 6.53. The first-order valence-electron chi connectivity index (χ1n) is 11.6. The van der Waals surface area contributed by atoms with Gasteiger partial charge in [-0.1, -0.05) is 0 Å². The summed E-state index contributed by atoms with van der Waals surface area (Å²) in [5.74, 6) is 0.213. The molecule has 8 heteroatoms. The number of primary amides is 1. The maximum absolute atomic E-state index is 12.7. The summed E-state index contributed by atoms with van der Waals surface area (Å²) < 4.78 is 5.57. The Bertz CT molecular complexity index is 886. The first-order chi connectivity index (χ1) is 15.3. The summed E-state index contributed by atoms with van der Waals surface area (Å²) in [5, 5.41) is 0. The van der Waals surface area contributed by atoms with Gasteiger partial charge in [-0.2, -0.15) is 0 Å². The molecule has 0 aromatic heterocycles. The number of anilines is 1. The number of methoxy groups -OCH3 is 1. The minimum Gasteiger partial charge on any atom is -0.378 e. The quantitative estimate of drug-likeness (QED) is 0.719. The number of amides is 3. The van der Waals surface area contributed by atoms with Gasteiger partial charge in [0.25, 0.3) is 0 Å². The zero-order chi connectivity index (χ0) is 22.9. The van der Waals surface area contributed by atoms with E-state index < -0.39 is 5.91 Å². The van der Waals surface area contributed by atoms with Crippen LogP contribution in [-0.2, 0) is 20.7 Å². The lowest BCUT2D eigenvalue weighted by Crippen LogP contribution is -2.50. The first-order valence-corrected chi connectivity index (χ1v) is 11.6. The van der Waals surface area contributed by atoms with Crippen molar-refractivity contribution in [2.24, 2.45) is 11.7 Å². The Morgan fingerprint density at radius 2 is 1.84 bits per heavy atom. The number of ether oxygens (including phenoxy) is 1. The summed E-state index contributed by atoms with van der Waals surface area (Å²) in [5.41, 5.74) is 7.47. The fourth-order valence-electron chi connectivity index (χ4n) is 5.05. The lowest BCUT2D eigenvalue weighted by molar-refractivity contribution is -0.137. The van der Waals surface area contributed by atoms with E-state index in [1.54, 1.807) is 19.2 Å². The molecule has 0 spiro atoms. The predicted molar refractivity (Wildman–Crippen MR) is 121 cm³/mol. The molecular weight excluding hydrogens is 408 g/mol. The smallest absolute Gasteiger partial charge is 0.248 e. The first kappa shape index (κ1) is 22.7. The van der Waals surface area contributed by atoms with E-state index in [1.165, 1.54) is 0 Å². The van der Waals surface area contributed by atoms with E-state index in [1.807, 2.05) is 15.9 Å². The van der Waals surface area contributed by atoms with Gasteiger partial charge in [0.2, 0.25) is 17.7 Å². The van der Waals surface area contributed by atoms with Gasteiger partial charge in [0.1, 0.15) is 0 Å². The summed E-state index contributed by atoms with van der Waals surface area (Å²) in [6.07, 6.45) is 4.01. The molecule has 174 valence electrons. The van der Waals surface area contributed by atoms with Crippen LogP contribution in [0.5, 0.6) is 0 Å². The van der Waals surface area contributed by atoms with Crippen molar-refractivity contribution >= 4 is 23.4 Å². The number of nitrogens with zero attached hydrogens (tertiary/aromatic N) is 3. The normalized spacial score (nSPS) is 21.6. The van der Waals surface area contributed by atoms with Crippen LogP contribution >= 0.6 is 0 Å². The Labute approximate surface area is 189 Å². The molecule has 2 N–H and O–H groups in total. The summed E-state index contributed by atoms with van der Waals surface area (Å²) in [7, 11) is 1.74. The summed E-state index contributed by atoms with van der Waals surface area (Å²) in [4.78, 5) is 42.8. The number of likely N-dealkylation sites (tertiary alicyclic amines) is 2. The molecule has 3 heterocycles. The maximum Gasteiger partial charge on any atom is 0.248 e. The number of piperidine rings is 2. The summed E-state index contributed by atoms with van der Waals surface area (Å²) in [6.45, 7) is 6.52. The Balaban J connectivity index is 1.26. The topological polar surface area (TPSA) is 96.2 Å². The van der Waals surface area contributed by atoms with Crippen LogP contribution in [0.1, 0.15) is 48.5 Å². The molecule has 4 rings (SSSR count). The van der Waals surface area contributed by atoms with Gasteiger partial charge in [-0.15, -0.1) is 0 Å². The van der Waals surface area contributed by atoms with Crippen LogP contribution in [0.25, 0.3) is 0 Å². The third-order valence-electron chi connectivity index (χ3n) is 7.47. The highest BCUT2D eigenvalue weighted by Gasteiger charge is 2.34. The van der Waals surface area contributed by atoms with E-state index >= 15 is 0 Å². The molecule has 3 amide bonds. The fourth-order valence-corrected chi connectivity index (χ4v) is 5.05. The Morgan fingerprint density at radius 1 is 1.16 bits per heavy atom. The highest BCUT2D eigenvalue weighted by molar-refractivity contribution is 6.03. The molecule has 3 aliphatic heterocycles. The number of hydrogen-bond acceptors (Lipinski definition) is 5. The molecule has 0 unspecified atom stereocenters. The summed E-state index contributed by atoms with van der Waals surface area (Å²) >= 11 is 0. The minimum absolute atomic E-state index is 0.0763. The number of fused-ring (bicyclic) bond motifs is 1. The molecule has 3 aliphatic rings. The third-order valence-corrected chi connectivity index (χ3v) is 7.47. The van der Waals surface area contributed by atoms with Crippen LogP contribution in [0.4, 0.5) is 5.69 Å². The second-order valence-electron chi connectivity index (χ2n) is 9.64. The van der Waals surface area contributed by atoms with E-state index in [4.69, 9.17) is 10.5 Å². The highest BCUT2D eigenvalue weighted by Crippen LogP contribution is 2.32. The molecule has 1 aromatic rings. The van der Waals surface area contributed by atoms with Crippen molar-refractivity contribution in [3.05, 3.63) is 29.3 Å². The van der Waals surface area contributed by atoms with Crippen molar-refractivity contribution < 1.29 is 19.1 Å². The number of hydrogen-bond donors (Lipinski definition) is 1. The second kappa shape index (κ2) is 9.19. The predicted octanol–water partition coefficient (Wildman–Crippen LogP) is 1.41. The average Bonchev–Trinajstić information content (AvgIpc) is 3.09. The van der Waals surface area contributed by atoms with Gasteiger partial charge in [0, 0.05) is 38.0 Å². The summed E-state index contributed by atoms with van der Waals surface area (Å²) in [6, 6.07) is 5.26. The van der Waals surface area contributed by atoms with Crippen molar-refractivity contribution in [1.29, 1.82) is 0 Å². The monoisotopic (exact) mass is 442 g/mol. The van der Waals surface area contributed by atoms with Crippen LogP contribution < -0.4 is 10.6 Å². The van der Waals surface area contributed by atoms with Gasteiger partial charge in [0.05, 0.1) is 18.6 Å². The lowest BCUT2D eigenvalue weighted by atomic mass is 9.93. The van der Waals surface area contributed by atoms with Crippen molar-refractivity contribution in [3.8, 4) is 0 Å². The molecule has 0 radical (unpaired) electrons. The average molecular weight is 443 g/mol. The zero-order valence-electron chi connectivity index (χ0n) is 19.1. The van der Waals surface area contributed by atoms with E-state index in [0.29, 0.717) is 31.0 Å². The van der Waals surface area contributed by atoms with Crippen LogP contribution in [0.15, 0.2) is 18.2 Å². The van der Waals surface area contributed by atoms with Crippen molar-refractivity contribution in [1.82, 2.24) is 9.80 Å². The van der Waals surface area contributed by atoms with Crippen molar-refractivity contribution in [2.75, 3.05) is 51.3 Å². The lowest BCUT2D eigenvalue weighted by Gasteiger charge is -2.40. The molecule has 32 heavy (non-hydrogen) atoms. The van der Waals surface area contributed by atoms with E-state index in [2.05, 4.69) is 11.8 Å². The van der Waals surface area contributed by atoms with Crippen molar-refractivity contribution in [2.45, 2.75) is 44.6 Å². The second-order valence-corrected chi connectivity index (χ2v) is 9.64. The number of carbonyl (C=O) groups excluding carboxylic acids is 3. The Hall–Kier alpha value is -2.45. The highest BCUT2D eigenvalue weighted by atomic mass is 16.5. The van der Waals surface area contributed by atoms with Gasteiger partial charge in [-0.05, 0) is 75.4 Å². The standard InChI is InChI=1S/C24H34N4O4/c1-24(32-2)7-11-27(12-8-24)22(30)16-26-9-5-17(6-10-26)15-28-20-4-3-18(23(25)31)13-19(20)14-21(28)29/h3-4,13,17H,5-12,14-16H2,1-2H3,(H2,25,31). The third kappa shape index (κ3) is 4.81. The molecule has 0 aliphatic carbocycles. The van der Waals surface area contributed by atoms with Gasteiger partial charge in [-0.25, -0.2) is 0 Å².